The number of halogens is 1. The summed E-state index contributed by atoms with van der Waals surface area (Å²) in [6.45, 7) is 1.80. The van der Waals surface area contributed by atoms with Crippen molar-refractivity contribution in [3.63, 3.8) is 0 Å². The fourth-order valence-electron chi connectivity index (χ4n) is 2.29. The van der Waals surface area contributed by atoms with Gasteiger partial charge in [0.05, 0.1) is 10.8 Å². The van der Waals surface area contributed by atoms with Gasteiger partial charge in [-0.05, 0) is 37.1 Å². The first kappa shape index (κ1) is 15.2. The van der Waals surface area contributed by atoms with Crippen molar-refractivity contribution in [2.75, 3.05) is 6.54 Å². The molecule has 0 saturated carbocycles. The van der Waals surface area contributed by atoms with Crippen LogP contribution in [0.2, 0.25) is 5.02 Å². The van der Waals surface area contributed by atoms with Crippen LogP contribution in [0, 0.1) is 0 Å². The predicted molar refractivity (Wildman–Crippen MR) is 77.9 cm³/mol. The number of carbonyl (C=O) groups is 2. The second-order valence-corrected chi connectivity index (χ2v) is 6.95. The minimum atomic E-state index is -1.26. The monoisotopic (exact) mass is 313 g/mol. The van der Waals surface area contributed by atoms with Crippen LogP contribution in [0.5, 0.6) is 0 Å². The van der Waals surface area contributed by atoms with E-state index in [1.807, 2.05) is 0 Å². The number of likely N-dealkylation sites (tertiary alicyclic amines) is 1. The van der Waals surface area contributed by atoms with Crippen LogP contribution in [0.15, 0.2) is 29.2 Å². The average Bonchev–Trinajstić information content (AvgIpc) is 2.60. The molecule has 1 aliphatic heterocycles. The molecule has 6 heteroatoms. The zero-order chi connectivity index (χ0) is 14.7. The summed E-state index contributed by atoms with van der Waals surface area (Å²) in [6, 6.07) is 6.82. The molecule has 2 rings (SSSR count). The van der Waals surface area contributed by atoms with E-state index in [2.05, 4.69) is 0 Å². The number of rotatable bonds is 2. The Bertz CT molecular complexity index is 544. The Balaban J connectivity index is 2.13. The highest BCUT2D eigenvalue weighted by molar-refractivity contribution is 7.85. The van der Waals surface area contributed by atoms with Gasteiger partial charge in [0.2, 0.25) is 11.8 Å². The zero-order valence-corrected chi connectivity index (χ0v) is 12.7. The van der Waals surface area contributed by atoms with E-state index in [0.717, 1.165) is 0 Å². The van der Waals surface area contributed by atoms with Crippen LogP contribution in [0.3, 0.4) is 0 Å². The van der Waals surface area contributed by atoms with Gasteiger partial charge < -0.3 is 0 Å². The fourth-order valence-corrected chi connectivity index (χ4v) is 3.88. The van der Waals surface area contributed by atoms with Gasteiger partial charge in [0.15, 0.2) is 0 Å². The summed E-state index contributed by atoms with van der Waals surface area (Å²) in [4.78, 5) is 25.3. The highest BCUT2D eigenvalue weighted by atomic mass is 35.5. The maximum absolute atomic E-state index is 12.5. The molecule has 2 unspecified atom stereocenters. The summed E-state index contributed by atoms with van der Waals surface area (Å²) in [5.41, 5.74) is 0. The molecule has 108 valence electrons. The van der Waals surface area contributed by atoms with E-state index in [0.29, 0.717) is 29.3 Å². The molecule has 2 amide bonds. The standard InChI is InChI=1S/C14H16ClNO3S/c1-10(17)16-8-2-3-13(9-14(16)18)20(19)12-6-4-11(15)5-7-12/h4-7,13H,2-3,8-9H2,1H3. The minimum Gasteiger partial charge on any atom is -0.283 e. The summed E-state index contributed by atoms with van der Waals surface area (Å²) in [6.07, 6.45) is 1.51. The molecule has 1 aromatic carbocycles. The van der Waals surface area contributed by atoms with Crippen LogP contribution >= 0.6 is 11.6 Å². The first-order valence-electron chi connectivity index (χ1n) is 6.46. The normalized spacial score (nSPS) is 21.4. The highest BCUT2D eigenvalue weighted by Crippen LogP contribution is 2.23. The second-order valence-electron chi connectivity index (χ2n) is 4.78. The molecule has 0 aliphatic carbocycles. The van der Waals surface area contributed by atoms with E-state index in [-0.39, 0.29) is 23.5 Å². The van der Waals surface area contributed by atoms with Crippen molar-refractivity contribution in [2.45, 2.75) is 36.3 Å². The average molecular weight is 314 g/mol. The summed E-state index contributed by atoms with van der Waals surface area (Å²) < 4.78 is 12.5. The molecule has 1 saturated heterocycles. The van der Waals surface area contributed by atoms with Crippen molar-refractivity contribution >= 4 is 34.2 Å². The Morgan fingerprint density at radius 1 is 1.35 bits per heavy atom. The lowest BCUT2D eigenvalue weighted by atomic mass is 10.2. The maximum atomic E-state index is 12.5. The first-order valence-corrected chi connectivity index (χ1v) is 8.05. The molecule has 0 N–H and O–H groups in total. The maximum Gasteiger partial charge on any atom is 0.230 e. The van der Waals surface area contributed by atoms with E-state index in [1.54, 1.807) is 24.3 Å². The van der Waals surface area contributed by atoms with Crippen molar-refractivity contribution in [1.82, 2.24) is 4.90 Å². The molecule has 0 aromatic heterocycles. The van der Waals surface area contributed by atoms with Gasteiger partial charge in [-0.1, -0.05) is 11.6 Å². The van der Waals surface area contributed by atoms with Crippen LogP contribution < -0.4 is 0 Å². The van der Waals surface area contributed by atoms with Crippen molar-refractivity contribution in [1.29, 1.82) is 0 Å². The molecule has 1 heterocycles. The van der Waals surface area contributed by atoms with E-state index in [1.165, 1.54) is 11.8 Å². The number of nitrogens with zero attached hydrogens (tertiary/aromatic N) is 1. The van der Waals surface area contributed by atoms with Crippen LogP contribution in [-0.4, -0.2) is 32.7 Å². The van der Waals surface area contributed by atoms with Gasteiger partial charge in [-0.3, -0.25) is 18.7 Å². The van der Waals surface area contributed by atoms with Gasteiger partial charge in [-0.2, -0.15) is 0 Å². The predicted octanol–water partition coefficient (Wildman–Crippen LogP) is 2.38. The van der Waals surface area contributed by atoms with E-state index < -0.39 is 10.8 Å². The molecule has 4 nitrogen and oxygen atoms in total. The van der Waals surface area contributed by atoms with Gasteiger partial charge in [-0.25, -0.2) is 0 Å². The molecule has 1 aliphatic rings. The largest absolute Gasteiger partial charge is 0.283 e. The van der Waals surface area contributed by atoms with E-state index in [9.17, 15) is 13.8 Å². The van der Waals surface area contributed by atoms with Crippen LogP contribution in [0.1, 0.15) is 26.2 Å². The van der Waals surface area contributed by atoms with Crippen LogP contribution in [0.4, 0.5) is 0 Å². The Hall–Kier alpha value is -1.20. The fraction of sp³-hybridized carbons (Fsp3) is 0.429. The lowest BCUT2D eigenvalue weighted by Gasteiger charge is -2.16. The molecular weight excluding hydrogens is 298 g/mol. The van der Waals surface area contributed by atoms with Crippen molar-refractivity contribution in [3.05, 3.63) is 29.3 Å². The lowest BCUT2D eigenvalue weighted by Crippen LogP contribution is -2.35. The summed E-state index contributed by atoms with van der Waals surface area (Å²) in [5, 5.41) is 0.346. The molecule has 20 heavy (non-hydrogen) atoms. The molecule has 2 atom stereocenters. The molecule has 0 radical (unpaired) electrons. The number of hydrogen-bond donors (Lipinski definition) is 0. The number of carbonyl (C=O) groups excluding carboxylic acids is 2. The van der Waals surface area contributed by atoms with Crippen LogP contribution in [0.25, 0.3) is 0 Å². The summed E-state index contributed by atoms with van der Waals surface area (Å²) in [5.74, 6) is -0.477. The third-order valence-corrected chi connectivity index (χ3v) is 5.34. The van der Waals surface area contributed by atoms with Crippen molar-refractivity contribution < 1.29 is 13.8 Å². The topological polar surface area (TPSA) is 54.5 Å². The Morgan fingerprint density at radius 3 is 2.60 bits per heavy atom. The van der Waals surface area contributed by atoms with E-state index >= 15 is 0 Å². The number of hydrogen-bond acceptors (Lipinski definition) is 3. The first-order chi connectivity index (χ1) is 9.49. The van der Waals surface area contributed by atoms with Gasteiger partial charge in [-0.15, -0.1) is 0 Å². The van der Waals surface area contributed by atoms with Gasteiger partial charge in [0.25, 0.3) is 0 Å². The minimum absolute atomic E-state index is 0.148. The Kier molecular flexibility index (Phi) is 4.94. The Labute approximate surface area is 125 Å². The SMILES string of the molecule is CC(=O)N1CCCC(S(=O)c2ccc(Cl)cc2)CC1=O. The van der Waals surface area contributed by atoms with Gasteiger partial charge in [0, 0.05) is 35.1 Å². The highest BCUT2D eigenvalue weighted by Gasteiger charge is 2.29. The van der Waals surface area contributed by atoms with Gasteiger partial charge in [0.1, 0.15) is 0 Å². The Morgan fingerprint density at radius 2 is 2.00 bits per heavy atom. The number of benzene rings is 1. The molecule has 1 fully saturated rings. The molecular formula is C14H16ClNO3S. The third-order valence-electron chi connectivity index (χ3n) is 3.34. The lowest BCUT2D eigenvalue weighted by molar-refractivity contribution is -0.142. The third kappa shape index (κ3) is 3.46. The number of imide groups is 1. The zero-order valence-electron chi connectivity index (χ0n) is 11.2. The van der Waals surface area contributed by atoms with E-state index in [4.69, 9.17) is 11.6 Å². The van der Waals surface area contributed by atoms with Crippen molar-refractivity contribution in [2.24, 2.45) is 0 Å². The van der Waals surface area contributed by atoms with Crippen LogP contribution in [-0.2, 0) is 20.4 Å². The quantitative estimate of drug-likeness (QED) is 0.842. The number of amides is 2. The smallest absolute Gasteiger partial charge is 0.230 e. The summed E-state index contributed by atoms with van der Waals surface area (Å²) >= 11 is 5.81. The van der Waals surface area contributed by atoms with Crippen molar-refractivity contribution in [3.8, 4) is 0 Å². The molecule has 0 spiro atoms. The summed E-state index contributed by atoms with van der Waals surface area (Å²) in [7, 11) is -1.26. The molecule has 1 aromatic rings. The molecule has 0 bridgehead atoms. The second kappa shape index (κ2) is 6.50. The van der Waals surface area contributed by atoms with Gasteiger partial charge >= 0.3 is 0 Å².